The molecule has 1 saturated heterocycles. The minimum Gasteiger partial charge on any atom is -0.409 e. The van der Waals surface area contributed by atoms with Gasteiger partial charge in [0.25, 0.3) is 10.2 Å². The van der Waals surface area contributed by atoms with Crippen LogP contribution in [0.5, 0.6) is 0 Å². The normalized spacial score (nSPS) is 24.6. The molecule has 1 aliphatic rings. The molecule has 0 aromatic rings. The molecule has 0 saturated carbocycles. The third-order valence-corrected chi connectivity index (χ3v) is 5.64. The van der Waals surface area contributed by atoms with Gasteiger partial charge in [0.2, 0.25) is 0 Å². The van der Waals surface area contributed by atoms with Gasteiger partial charge in [-0.25, -0.2) is 0 Å². The van der Waals surface area contributed by atoms with Crippen LogP contribution in [0.15, 0.2) is 5.16 Å². The first-order chi connectivity index (χ1) is 8.78. The van der Waals surface area contributed by atoms with Gasteiger partial charge < -0.3 is 10.9 Å². The average Bonchev–Trinajstić information content (AvgIpc) is 2.37. The second-order valence-corrected chi connectivity index (χ2v) is 7.26. The van der Waals surface area contributed by atoms with E-state index in [1.54, 1.807) is 6.92 Å². The highest BCUT2D eigenvalue weighted by Crippen LogP contribution is 2.21. The zero-order valence-corrected chi connectivity index (χ0v) is 12.6. The SMILES string of the molecule is CC1CCCN(S(=O)(=O)N(C)C(C)CC(N)=NO)C1. The fraction of sp³-hybridized carbons (Fsp3) is 0.909. The Morgan fingerprint density at radius 1 is 1.63 bits per heavy atom. The third-order valence-electron chi connectivity index (χ3n) is 3.56. The van der Waals surface area contributed by atoms with Crippen LogP contribution in [-0.4, -0.2) is 54.3 Å². The Morgan fingerprint density at radius 2 is 2.26 bits per heavy atom. The maximum Gasteiger partial charge on any atom is 0.281 e. The molecule has 0 bridgehead atoms. The molecule has 1 rings (SSSR count). The van der Waals surface area contributed by atoms with Crippen LogP contribution in [0.2, 0.25) is 0 Å². The highest BCUT2D eigenvalue weighted by molar-refractivity contribution is 7.86. The largest absolute Gasteiger partial charge is 0.409 e. The van der Waals surface area contributed by atoms with E-state index in [9.17, 15) is 8.42 Å². The lowest BCUT2D eigenvalue weighted by Crippen LogP contribution is -2.49. The zero-order chi connectivity index (χ0) is 14.6. The second kappa shape index (κ2) is 6.53. The number of nitrogens with two attached hydrogens (primary N) is 1. The van der Waals surface area contributed by atoms with Crippen LogP contribution in [-0.2, 0) is 10.2 Å². The van der Waals surface area contributed by atoms with Gasteiger partial charge in [-0.3, -0.25) is 0 Å². The summed E-state index contributed by atoms with van der Waals surface area (Å²) in [6, 6.07) is -0.349. The fourth-order valence-corrected chi connectivity index (χ4v) is 3.93. The average molecular weight is 292 g/mol. The van der Waals surface area contributed by atoms with Crippen molar-refractivity contribution in [2.75, 3.05) is 20.1 Å². The predicted octanol–water partition coefficient (Wildman–Crippen LogP) is 0.420. The minimum atomic E-state index is -3.47. The number of rotatable bonds is 5. The summed E-state index contributed by atoms with van der Waals surface area (Å²) in [6.07, 6.45) is 2.16. The Balaban J connectivity index is 2.75. The van der Waals surface area contributed by atoms with E-state index in [1.165, 1.54) is 15.7 Å². The molecule has 1 aliphatic heterocycles. The summed E-state index contributed by atoms with van der Waals surface area (Å²) in [5.41, 5.74) is 5.42. The Morgan fingerprint density at radius 3 is 2.79 bits per heavy atom. The van der Waals surface area contributed by atoms with Crippen molar-refractivity contribution in [2.45, 2.75) is 39.2 Å². The standard InChI is InChI=1S/C11H24N4O3S/c1-9-5-4-6-15(8-9)19(17,18)14(3)10(2)7-11(12)13-16/h9-10,16H,4-8H2,1-3H3,(H2,12,13). The van der Waals surface area contributed by atoms with E-state index in [0.717, 1.165) is 12.8 Å². The topological polar surface area (TPSA) is 99.2 Å². The fourth-order valence-electron chi connectivity index (χ4n) is 2.24. The van der Waals surface area contributed by atoms with Crippen molar-refractivity contribution < 1.29 is 13.6 Å². The van der Waals surface area contributed by atoms with Gasteiger partial charge >= 0.3 is 0 Å². The van der Waals surface area contributed by atoms with E-state index < -0.39 is 10.2 Å². The molecule has 0 spiro atoms. The molecule has 8 heteroatoms. The maximum absolute atomic E-state index is 12.5. The van der Waals surface area contributed by atoms with Crippen LogP contribution in [0.25, 0.3) is 0 Å². The molecule has 1 fully saturated rings. The number of hydrogen-bond donors (Lipinski definition) is 2. The lowest BCUT2D eigenvalue weighted by Gasteiger charge is -2.35. The third kappa shape index (κ3) is 4.05. The van der Waals surface area contributed by atoms with Crippen molar-refractivity contribution in [1.29, 1.82) is 0 Å². The lowest BCUT2D eigenvalue weighted by molar-refractivity contribution is 0.254. The minimum absolute atomic E-state index is 0.0292. The van der Waals surface area contributed by atoms with E-state index >= 15 is 0 Å². The van der Waals surface area contributed by atoms with Crippen molar-refractivity contribution in [2.24, 2.45) is 16.8 Å². The molecule has 19 heavy (non-hydrogen) atoms. The Hall–Kier alpha value is -0.860. The summed E-state index contributed by atoms with van der Waals surface area (Å²) in [6.45, 7) is 4.92. The van der Waals surface area contributed by atoms with Gasteiger partial charge in [-0.05, 0) is 25.7 Å². The number of amidine groups is 1. The summed E-state index contributed by atoms with van der Waals surface area (Å²) >= 11 is 0. The molecule has 112 valence electrons. The maximum atomic E-state index is 12.5. The van der Waals surface area contributed by atoms with Crippen molar-refractivity contribution >= 4 is 16.0 Å². The molecule has 7 nitrogen and oxygen atoms in total. The number of hydrogen-bond acceptors (Lipinski definition) is 4. The van der Waals surface area contributed by atoms with Gasteiger partial charge in [-0.15, -0.1) is 0 Å². The summed E-state index contributed by atoms with van der Waals surface area (Å²) in [4.78, 5) is 0. The van der Waals surface area contributed by atoms with E-state index in [-0.39, 0.29) is 18.3 Å². The van der Waals surface area contributed by atoms with Gasteiger partial charge in [-0.2, -0.15) is 17.0 Å². The molecule has 2 atom stereocenters. The van der Waals surface area contributed by atoms with Gasteiger partial charge in [0.15, 0.2) is 0 Å². The predicted molar refractivity (Wildman–Crippen MR) is 74.1 cm³/mol. The molecule has 1 heterocycles. The lowest BCUT2D eigenvalue weighted by atomic mass is 10.0. The van der Waals surface area contributed by atoms with E-state index in [1.807, 2.05) is 0 Å². The molecule has 0 aliphatic carbocycles. The first kappa shape index (κ1) is 16.2. The molecular weight excluding hydrogens is 268 g/mol. The first-order valence-electron chi connectivity index (χ1n) is 6.48. The Bertz CT molecular complexity index is 424. The van der Waals surface area contributed by atoms with Crippen LogP contribution >= 0.6 is 0 Å². The molecule has 0 aromatic carbocycles. The molecule has 2 unspecified atom stereocenters. The number of piperidine rings is 1. The summed E-state index contributed by atoms with van der Waals surface area (Å²) in [7, 11) is -1.94. The highest BCUT2D eigenvalue weighted by Gasteiger charge is 2.33. The first-order valence-corrected chi connectivity index (χ1v) is 7.88. The van der Waals surface area contributed by atoms with Crippen molar-refractivity contribution in [3.63, 3.8) is 0 Å². The van der Waals surface area contributed by atoms with Crippen molar-refractivity contribution in [1.82, 2.24) is 8.61 Å². The van der Waals surface area contributed by atoms with Gasteiger partial charge in [0.1, 0.15) is 5.84 Å². The van der Waals surface area contributed by atoms with Crippen LogP contribution in [0.3, 0.4) is 0 Å². The second-order valence-electron chi connectivity index (χ2n) is 5.27. The quantitative estimate of drug-likeness (QED) is 0.332. The molecule has 3 N–H and O–H groups in total. The molecule has 0 radical (unpaired) electrons. The highest BCUT2D eigenvalue weighted by atomic mass is 32.2. The molecular formula is C11H24N4O3S. The van der Waals surface area contributed by atoms with Gasteiger partial charge in [0, 0.05) is 32.6 Å². The molecule has 0 amide bonds. The van der Waals surface area contributed by atoms with E-state index in [0.29, 0.717) is 19.0 Å². The van der Waals surface area contributed by atoms with E-state index in [2.05, 4.69) is 12.1 Å². The van der Waals surface area contributed by atoms with E-state index in [4.69, 9.17) is 10.9 Å². The van der Waals surface area contributed by atoms with Crippen LogP contribution in [0.4, 0.5) is 0 Å². The van der Waals surface area contributed by atoms with Gasteiger partial charge in [-0.1, -0.05) is 12.1 Å². The smallest absolute Gasteiger partial charge is 0.281 e. The summed E-state index contributed by atoms with van der Waals surface area (Å²) < 4.78 is 27.7. The van der Waals surface area contributed by atoms with Gasteiger partial charge in [0.05, 0.1) is 0 Å². The zero-order valence-electron chi connectivity index (χ0n) is 11.8. The summed E-state index contributed by atoms with van der Waals surface area (Å²) in [5.74, 6) is 0.415. The molecule has 0 aromatic heterocycles. The van der Waals surface area contributed by atoms with Crippen LogP contribution in [0.1, 0.15) is 33.1 Å². The van der Waals surface area contributed by atoms with Crippen LogP contribution < -0.4 is 5.73 Å². The Kier molecular flexibility index (Phi) is 5.57. The monoisotopic (exact) mass is 292 g/mol. The number of oxime groups is 1. The Labute approximate surface area is 115 Å². The number of nitrogens with zero attached hydrogens (tertiary/aromatic N) is 3. The summed E-state index contributed by atoms with van der Waals surface area (Å²) in [5, 5.41) is 11.4. The van der Waals surface area contributed by atoms with Crippen molar-refractivity contribution in [3.8, 4) is 0 Å². The van der Waals surface area contributed by atoms with Crippen LogP contribution in [0, 0.1) is 5.92 Å². The van der Waals surface area contributed by atoms with Crippen molar-refractivity contribution in [3.05, 3.63) is 0 Å².